The molecule has 0 heterocycles. The van der Waals surface area contributed by atoms with Gasteiger partial charge < -0.3 is 9.47 Å². The number of hydrazine groups is 1. The number of nitrogens with zero attached hydrogens (tertiary/aromatic N) is 1. The first-order valence-corrected chi connectivity index (χ1v) is 6.96. The number of amides is 2. The van der Waals surface area contributed by atoms with Crippen molar-refractivity contribution < 1.29 is 19.1 Å². The Balaban J connectivity index is 5.07. The molecule has 0 spiro atoms. The van der Waals surface area contributed by atoms with Gasteiger partial charge in [-0.3, -0.25) is 0 Å². The minimum Gasteiger partial charge on any atom is -0.446 e. The molecule has 0 aliphatic heterocycles. The van der Waals surface area contributed by atoms with Crippen LogP contribution in [0.1, 0.15) is 55.4 Å². The fourth-order valence-corrected chi connectivity index (χ4v) is 1.27. The lowest BCUT2D eigenvalue weighted by molar-refractivity contribution is -0.00474. The molecule has 0 saturated heterocycles. The summed E-state index contributed by atoms with van der Waals surface area (Å²) in [5.74, 6) is 0.113. The standard InChI is InChI=1S/C14H28N2O4/c1-9(2)14(7,8)16(13(18)20-11(5)6)15-12(17)19-10(3)4/h9-11H,1-8H3,(H,15,17). The molecule has 0 aliphatic rings. The number of carbonyl (C=O) groups is 2. The highest BCUT2D eigenvalue weighted by molar-refractivity contribution is 5.74. The molecule has 0 unspecified atom stereocenters. The number of ether oxygens (including phenoxy) is 2. The van der Waals surface area contributed by atoms with Crippen molar-refractivity contribution in [2.75, 3.05) is 0 Å². The van der Waals surface area contributed by atoms with E-state index in [2.05, 4.69) is 5.43 Å². The van der Waals surface area contributed by atoms with Crippen LogP contribution in [-0.4, -0.2) is 34.9 Å². The van der Waals surface area contributed by atoms with Crippen LogP contribution in [-0.2, 0) is 9.47 Å². The van der Waals surface area contributed by atoms with E-state index in [4.69, 9.17) is 9.47 Å². The maximum atomic E-state index is 12.2. The SMILES string of the molecule is CC(C)OC(=O)NN(C(=O)OC(C)C)C(C)(C)C(C)C. The third-order valence-corrected chi connectivity index (χ3v) is 3.05. The summed E-state index contributed by atoms with van der Waals surface area (Å²) in [5, 5.41) is 1.20. The number of nitrogens with one attached hydrogen (secondary N) is 1. The van der Waals surface area contributed by atoms with Crippen LogP contribution in [0.3, 0.4) is 0 Å². The van der Waals surface area contributed by atoms with E-state index in [0.717, 1.165) is 0 Å². The van der Waals surface area contributed by atoms with Gasteiger partial charge in [0.1, 0.15) is 0 Å². The lowest BCUT2D eigenvalue weighted by Gasteiger charge is -2.40. The van der Waals surface area contributed by atoms with Gasteiger partial charge in [-0.15, -0.1) is 0 Å². The predicted octanol–water partition coefficient (Wildman–Crippen LogP) is 3.32. The maximum absolute atomic E-state index is 12.2. The van der Waals surface area contributed by atoms with E-state index in [9.17, 15) is 9.59 Å². The summed E-state index contributed by atoms with van der Waals surface area (Å²) in [6, 6.07) is 0. The van der Waals surface area contributed by atoms with Crippen molar-refractivity contribution in [2.45, 2.75) is 73.1 Å². The first-order chi connectivity index (χ1) is 8.98. The first-order valence-electron chi connectivity index (χ1n) is 6.96. The summed E-state index contributed by atoms with van der Waals surface area (Å²) in [5.41, 5.74) is 1.86. The fraction of sp³-hybridized carbons (Fsp3) is 0.857. The molecule has 0 radical (unpaired) electrons. The Hall–Kier alpha value is -1.46. The van der Waals surface area contributed by atoms with Gasteiger partial charge >= 0.3 is 12.2 Å². The zero-order valence-corrected chi connectivity index (χ0v) is 13.8. The van der Waals surface area contributed by atoms with E-state index in [1.54, 1.807) is 27.7 Å². The highest BCUT2D eigenvalue weighted by Crippen LogP contribution is 2.23. The number of carbonyl (C=O) groups excluding carboxylic acids is 2. The molecule has 0 fully saturated rings. The van der Waals surface area contributed by atoms with Gasteiger partial charge in [0, 0.05) is 0 Å². The van der Waals surface area contributed by atoms with Crippen LogP contribution in [0, 0.1) is 5.92 Å². The Morgan fingerprint density at radius 2 is 1.40 bits per heavy atom. The highest BCUT2D eigenvalue weighted by Gasteiger charge is 2.37. The molecule has 0 aliphatic carbocycles. The van der Waals surface area contributed by atoms with Gasteiger partial charge in [0.2, 0.25) is 0 Å². The second-order valence-corrected chi connectivity index (χ2v) is 6.14. The Morgan fingerprint density at radius 1 is 0.950 bits per heavy atom. The molecule has 0 aromatic carbocycles. The van der Waals surface area contributed by atoms with Gasteiger partial charge in [0.05, 0.1) is 17.7 Å². The summed E-state index contributed by atoms with van der Waals surface area (Å²) < 4.78 is 10.2. The topological polar surface area (TPSA) is 67.9 Å². The summed E-state index contributed by atoms with van der Waals surface area (Å²) in [4.78, 5) is 23.9. The first kappa shape index (κ1) is 18.5. The molecule has 6 nitrogen and oxygen atoms in total. The highest BCUT2D eigenvalue weighted by atomic mass is 16.6. The molecule has 6 heteroatoms. The van der Waals surface area contributed by atoms with E-state index in [1.807, 2.05) is 27.7 Å². The Morgan fingerprint density at radius 3 is 1.75 bits per heavy atom. The quantitative estimate of drug-likeness (QED) is 0.806. The van der Waals surface area contributed by atoms with Crippen molar-refractivity contribution in [3.05, 3.63) is 0 Å². The minimum absolute atomic E-state index is 0.113. The third-order valence-electron chi connectivity index (χ3n) is 3.05. The van der Waals surface area contributed by atoms with E-state index in [-0.39, 0.29) is 18.1 Å². The lowest BCUT2D eigenvalue weighted by atomic mass is 9.90. The summed E-state index contributed by atoms with van der Waals surface area (Å²) in [6.07, 6.45) is -1.80. The van der Waals surface area contributed by atoms with E-state index in [0.29, 0.717) is 0 Å². The minimum atomic E-state index is -0.672. The van der Waals surface area contributed by atoms with E-state index >= 15 is 0 Å². The van der Waals surface area contributed by atoms with Crippen molar-refractivity contribution in [1.29, 1.82) is 0 Å². The lowest BCUT2D eigenvalue weighted by Crippen LogP contribution is -2.60. The zero-order chi connectivity index (χ0) is 16.1. The van der Waals surface area contributed by atoms with E-state index < -0.39 is 17.7 Å². The Kier molecular flexibility index (Phi) is 6.82. The Labute approximate surface area is 121 Å². The van der Waals surface area contributed by atoms with Crippen LogP contribution in [0.5, 0.6) is 0 Å². The van der Waals surface area contributed by atoms with Gasteiger partial charge in [-0.1, -0.05) is 13.8 Å². The molecule has 118 valence electrons. The largest absolute Gasteiger partial charge is 0.446 e. The average molecular weight is 288 g/mol. The average Bonchev–Trinajstić information content (AvgIpc) is 2.23. The van der Waals surface area contributed by atoms with Crippen molar-refractivity contribution in [1.82, 2.24) is 10.4 Å². The van der Waals surface area contributed by atoms with Gasteiger partial charge in [-0.05, 0) is 47.5 Å². The molecule has 0 aromatic heterocycles. The third kappa shape index (κ3) is 5.67. The van der Waals surface area contributed by atoms with Crippen LogP contribution >= 0.6 is 0 Å². The van der Waals surface area contributed by atoms with Crippen molar-refractivity contribution in [2.24, 2.45) is 5.92 Å². The number of rotatable bonds is 4. The molecular weight excluding hydrogens is 260 g/mol. The monoisotopic (exact) mass is 288 g/mol. The summed E-state index contributed by atoms with van der Waals surface area (Å²) >= 11 is 0. The van der Waals surface area contributed by atoms with Gasteiger partial charge in [0.25, 0.3) is 0 Å². The van der Waals surface area contributed by atoms with Crippen LogP contribution in [0.15, 0.2) is 0 Å². The second-order valence-electron chi connectivity index (χ2n) is 6.14. The molecule has 0 atom stereocenters. The smallest absolute Gasteiger partial charge is 0.429 e. The second kappa shape index (κ2) is 7.36. The summed E-state index contributed by atoms with van der Waals surface area (Å²) in [6.45, 7) is 14.6. The fourth-order valence-electron chi connectivity index (χ4n) is 1.27. The van der Waals surface area contributed by atoms with Crippen molar-refractivity contribution in [3.63, 3.8) is 0 Å². The van der Waals surface area contributed by atoms with Gasteiger partial charge in [0.15, 0.2) is 0 Å². The van der Waals surface area contributed by atoms with Crippen LogP contribution in [0.4, 0.5) is 9.59 Å². The van der Waals surface area contributed by atoms with Gasteiger partial charge in [-0.2, -0.15) is 0 Å². The van der Waals surface area contributed by atoms with Gasteiger partial charge in [-0.25, -0.2) is 20.0 Å². The van der Waals surface area contributed by atoms with Crippen molar-refractivity contribution in [3.8, 4) is 0 Å². The molecule has 0 bridgehead atoms. The zero-order valence-electron chi connectivity index (χ0n) is 13.8. The summed E-state index contributed by atoms with van der Waals surface area (Å²) in [7, 11) is 0. The van der Waals surface area contributed by atoms with E-state index in [1.165, 1.54) is 5.01 Å². The predicted molar refractivity (Wildman–Crippen MR) is 77.1 cm³/mol. The molecule has 2 amide bonds. The number of hydrogen-bond acceptors (Lipinski definition) is 4. The molecule has 1 N–H and O–H groups in total. The van der Waals surface area contributed by atoms with Crippen LogP contribution < -0.4 is 5.43 Å². The maximum Gasteiger partial charge on any atom is 0.429 e. The Bertz CT molecular complexity index is 338. The van der Waals surface area contributed by atoms with Crippen LogP contribution in [0.25, 0.3) is 0 Å². The molecule has 0 rings (SSSR count). The number of hydrogen-bond donors (Lipinski definition) is 1. The van der Waals surface area contributed by atoms with Crippen LogP contribution in [0.2, 0.25) is 0 Å². The molecular formula is C14H28N2O4. The molecule has 0 aromatic rings. The molecule has 20 heavy (non-hydrogen) atoms. The van der Waals surface area contributed by atoms with Crippen molar-refractivity contribution >= 4 is 12.2 Å². The normalized spacial score (nSPS) is 11.8. The molecule has 0 saturated carbocycles.